The number of nitriles is 1. The number of nitrogens with one attached hydrogen (secondary N) is 1. The third-order valence-corrected chi connectivity index (χ3v) is 5.02. The molecular weight excluding hydrogens is 402 g/mol. The van der Waals surface area contributed by atoms with Crippen molar-refractivity contribution in [2.75, 3.05) is 25.0 Å². The van der Waals surface area contributed by atoms with Gasteiger partial charge in [0, 0.05) is 24.3 Å². The molecule has 2 amide bonds. The molecule has 0 spiro atoms. The normalized spacial score (nSPS) is 10.2. The van der Waals surface area contributed by atoms with Crippen LogP contribution < -0.4 is 10.1 Å². The fourth-order valence-corrected chi connectivity index (χ4v) is 3.25. The van der Waals surface area contributed by atoms with Crippen LogP contribution in [0.15, 0.2) is 72.8 Å². The van der Waals surface area contributed by atoms with Gasteiger partial charge in [0.25, 0.3) is 11.8 Å². The Hall–Kier alpha value is -4.11. The summed E-state index contributed by atoms with van der Waals surface area (Å²) in [6, 6.07) is 23.7. The maximum Gasteiger partial charge on any atom is 0.262 e. The van der Waals surface area contributed by atoms with E-state index in [-0.39, 0.29) is 18.4 Å². The molecule has 3 aromatic rings. The Morgan fingerprint density at radius 1 is 0.938 bits per heavy atom. The van der Waals surface area contributed by atoms with Gasteiger partial charge < -0.3 is 15.0 Å². The van der Waals surface area contributed by atoms with Crippen molar-refractivity contribution >= 4 is 17.5 Å². The summed E-state index contributed by atoms with van der Waals surface area (Å²) in [5.74, 6) is 0.196. The van der Waals surface area contributed by atoms with E-state index in [1.165, 1.54) is 0 Å². The van der Waals surface area contributed by atoms with E-state index in [0.29, 0.717) is 35.7 Å². The first-order valence-electron chi connectivity index (χ1n) is 10.5. The lowest BCUT2D eigenvalue weighted by atomic mass is 10.0. The Labute approximate surface area is 188 Å². The van der Waals surface area contributed by atoms with Crippen LogP contribution in [0.4, 0.5) is 5.69 Å². The number of carbonyl (C=O) groups is 2. The molecular formula is C26H25N3O3. The molecule has 0 unspecified atom stereocenters. The van der Waals surface area contributed by atoms with Crippen LogP contribution in [0.2, 0.25) is 0 Å². The first-order valence-corrected chi connectivity index (χ1v) is 10.5. The van der Waals surface area contributed by atoms with Crippen molar-refractivity contribution in [3.8, 4) is 22.9 Å². The van der Waals surface area contributed by atoms with Gasteiger partial charge in [0.05, 0.1) is 11.6 Å². The van der Waals surface area contributed by atoms with Crippen LogP contribution in [0.1, 0.15) is 29.8 Å². The molecule has 6 nitrogen and oxygen atoms in total. The highest BCUT2D eigenvalue weighted by Gasteiger charge is 2.13. The van der Waals surface area contributed by atoms with Gasteiger partial charge in [-0.3, -0.25) is 9.59 Å². The second-order valence-electron chi connectivity index (χ2n) is 7.11. The highest BCUT2D eigenvalue weighted by Crippen LogP contribution is 2.23. The van der Waals surface area contributed by atoms with E-state index in [0.717, 1.165) is 11.1 Å². The summed E-state index contributed by atoms with van der Waals surface area (Å²) in [6.45, 7) is 4.97. The Kier molecular flexibility index (Phi) is 7.60. The van der Waals surface area contributed by atoms with E-state index in [1.54, 1.807) is 53.4 Å². The summed E-state index contributed by atoms with van der Waals surface area (Å²) in [4.78, 5) is 26.5. The fraction of sp³-hybridized carbons (Fsp3) is 0.192. The maximum absolute atomic E-state index is 12.5. The van der Waals surface area contributed by atoms with Crippen LogP contribution in [0, 0.1) is 11.3 Å². The Bertz CT molecular complexity index is 1110. The van der Waals surface area contributed by atoms with Crippen molar-refractivity contribution in [3.05, 3.63) is 83.9 Å². The van der Waals surface area contributed by atoms with E-state index < -0.39 is 0 Å². The minimum Gasteiger partial charge on any atom is -0.484 e. The molecule has 6 heteroatoms. The molecule has 162 valence electrons. The fourth-order valence-electron chi connectivity index (χ4n) is 3.25. The van der Waals surface area contributed by atoms with Gasteiger partial charge in [-0.1, -0.05) is 30.3 Å². The summed E-state index contributed by atoms with van der Waals surface area (Å²) in [7, 11) is 0. The van der Waals surface area contributed by atoms with Crippen LogP contribution in [0.25, 0.3) is 11.1 Å². The summed E-state index contributed by atoms with van der Waals surface area (Å²) < 4.78 is 5.59. The van der Waals surface area contributed by atoms with Crippen molar-refractivity contribution in [2.24, 2.45) is 0 Å². The van der Waals surface area contributed by atoms with Crippen molar-refractivity contribution in [2.45, 2.75) is 13.8 Å². The van der Waals surface area contributed by atoms with Gasteiger partial charge >= 0.3 is 0 Å². The molecule has 0 atom stereocenters. The average Bonchev–Trinajstić information content (AvgIpc) is 2.84. The summed E-state index contributed by atoms with van der Waals surface area (Å²) in [5, 5.41) is 11.7. The number of hydrogen-bond donors (Lipinski definition) is 1. The molecule has 0 aromatic heterocycles. The molecule has 0 fully saturated rings. The van der Waals surface area contributed by atoms with Gasteiger partial charge in [0.2, 0.25) is 0 Å². The lowest BCUT2D eigenvalue weighted by molar-refractivity contribution is -0.118. The topological polar surface area (TPSA) is 82.4 Å². The minimum absolute atomic E-state index is 0.0651. The van der Waals surface area contributed by atoms with Crippen LogP contribution in [0.5, 0.6) is 5.75 Å². The lowest BCUT2D eigenvalue weighted by Gasteiger charge is -2.19. The lowest BCUT2D eigenvalue weighted by Crippen LogP contribution is -2.30. The number of ether oxygens (including phenoxy) is 1. The van der Waals surface area contributed by atoms with Crippen molar-refractivity contribution < 1.29 is 14.3 Å². The van der Waals surface area contributed by atoms with E-state index >= 15 is 0 Å². The van der Waals surface area contributed by atoms with Gasteiger partial charge in [-0.05, 0) is 67.4 Å². The van der Waals surface area contributed by atoms with E-state index in [1.807, 2.05) is 38.1 Å². The summed E-state index contributed by atoms with van der Waals surface area (Å²) >= 11 is 0. The molecule has 32 heavy (non-hydrogen) atoms. The average molecular weight is 428 g/mol. The second-order valence-corrected chi connectivity index (χ2v) is 7.11. The summed E-state index contributed by atoms with van der Waals surface area (Å²) in [5.41, 5.74) is 3.68. The van der Waals surface area contributed by atoms with Gasteiger partial charge in [0.1, 0.15) is 5.75 Å². The molecule has 0 saturated carbocycles. The summed E-state index contributed by atoms with van der Waals surface area (Å²) in [6.07, 6.45) is 0. The SMILES string of the molecule is CCN(CC)C(=O)c1cccc(NC(=O)COc2ccc(-c3ccc(C#N)cc3)cc2)c1. The first-order chi connectivity index (χ1) is 15.5. The number of benzene rings is 3. The Morgan fingerprint density at radius 2 is 1.56 bits per heavy atom. The molecule has 0 heterocycles. The predicted molar refractivity (Wildman–Crippen MR) is 124 cm³/mol. The van der Waals surface area contributed by atoms with Crippen LogP contribution in [-0.4, -0.2) is 36.4 Å². The first kappa shape index (κ1) is 22.6. The molecule has 0 aliphatic carbocycles. The monoisotopic (exact) mass is 427 g/mol. The van der Waals surface area contributed by atoms with Crippen molar-refractivity contribution in [1.82, 2.24) is 4.90 Å². The highest BCUT2D eigenvalue weighted by molar-refractivity contribution is 5.97. The number of rotatable bonds is 8. The smallest absolute Gasteiger partial charge is 0.262 e. The number of hydrogen-bond acceptors (Lipinski definition) is 4. The third kappa shape index (κ3) is 5.73. The number of anilines is 1. The van der Waals surface area contributed by atoms with Gasteiger partial charge in [0.15, 0.2) is 6.61 Å². The molecule has 0 aliphatic heterocycles. The highest BCUT2D eigenvalue weighted by atomic mass is 16.5. The molecule has 0 saturated heterocycles. The zero-order valence-corrected chi connectivity index (χ0v) is 18.2. The van der Waals surface area contributed by atoms with Crippen LogP contribution >= 0.6 is 0 Å². The number of amides is 2. The minimum atomic E-state index is -0.311. The third-order valence-electron chi connectivity index (χ3n) is 5.02. The number of nitrogens with zero attached hydrogens (tertiary/aromatic N) is 2. The largest absolute Gasteiger partial charge is 0.484 e. The maximum atomic E-state index is 12.5. The van der Waals surface area contributed by atoms with Gasteiger partial charge in [-0.25, -0.2) is 0 Å². The molecule has 0 bridgehead atoms. The Balaban J connectivity index is 1.56. The Morgan fingerprint density at radius 3 is 2.16 bits per heavy atom. The molecule has 3 aromatic carbocycles. The molecule has 1 N–H and O–H groups in total. The standard InChI is InChI=1S/C26H25N3O3/c1-3-29(4-2)26(31)22-6-5-7-23(16-22)28-25(30)18-32-24-14-12-21(13-15-24)20-10-8-19(17-27)9-11-20/h5-16H,3-4,18H2,1-2H3,(H,28,30). The molecule has 0 aliphatic rings. The van der Waals surface area contributed by atoms with Crippen molar-refractivity contribution in [1.29, 1.82) is 5.26 Å². The zero-order valence-electron chi connectivity index (χ0n) is 18.2. The van der Waals surface area contributed by atoms with E-state index in [9.17, 15) is 9.59 Å². The molecule has 0 radical (unpaired) electrons. The zero-order chi connectivity index (χ0) is 22.9. The van der Waals surface area contributed by atoms with E-state index in [2.05, 4.69) is 11.4 Å². The van der Waals surface area contributed by atoms with E-state index in [4.69, 9.17) is 10.00 Å². The number of carbonyl (C=O) groups excluding carboxylic acids is 2. The predicted octanol–water partition coefficient (Wildman–Crippen LogP) is 4.72. The second kappa shape index (κ2) is 10.8. The molecule has 3 rings (SSSR count). The van der Waals surface area contributed by atoms with Crippen molar-refractivity contribution in [3.63, 3.8) is 0 Å². The quantitative estimate of drug-likeness (QED) is 0.564. The van der Waals surface area contributed by atoms with Crippen LogP contribution in [0.3, 0.4) is 0 Å². The van der Waals surface area contributed by atoms with Crippen LogP contribution in [-0.2, 0) is 4.79 Å². The van der Waals surface area contributed by atoms with Gasteiger partial charge in [-0.15, -0.1) is 0 Å². The van der Waals surface area contributed by atoms with Gasteiger partial charge in [-0.2, -0.15) is 5.26 Å².